The van der Waals surface area contributed by atoms with Gasteiger partial charge in [0.15, 0.2) is 6.61 Å². The number of hydrazone groups is 1. The molecule has 0 aliphatic carbocycles. The maximum Gasteiger partial charge on any atom is 0.277 e. The Morgan fingerprint density at radius 1 is 1.35 bits per heavy atom. The first-order valence-electron chi connectivity index (χ1n) is 6.81. The zero-order valence-corrected chi connectivity index (χ0v) is 14.3. The van der Waals surface area contributed by atoms with Crippen LogP contribution in [0.2, 0.25) is 0 Å². The van der Waals surface area contributed by atoms with Gasteiger partial charge in [-0.1, -0.05) is 6.07 Å². The summed E-state index contributed by atoms with van der Waals surface area (Å²) in [4.78, 5) is 15.9. The molecular formula is C16H16BrN3O3. The van der Waals surface area contributed by atoms with E-state index in [0.29, 0.717) is 27.4 Å². The van der Waals surface area contributed by atoms with E-state index in [0.717, 1.165) is 0 Å². The first-order chi connectivity index (χ1) is 11.1. The first kappa shape index (κ1) is 17.0. The van der Waals surface area contributed by atoms with Crippen molar-refractivity contribution in [3.8, 4) is 11.5 Å². The predicted octanol–water partition coefficient (Wildman–Crippen LogP) is 2.77. The van der Waals surface area contributed by atoms with Crippen LogP contribution in [0.5, 0.6) is 11.5 Å². The number of aromatic nitrogens is 1. The highest BCUT2D eigenvalue weighted by Crippen LogP contribution is 2.28. The monoisotopic (exact) mass is 377 g/mol. The maximum atomic E-state index is 11.8. The fraction of sp³-hybridized carbons (Fsp3) is 0.188. The molecule has 0 unspecified atom stereocenters. The minimum atomic E-state index is -0.358. The van der Waals surface area contributed by atoms with Gasteiger partial charge in [0.25, 0.3) is 5.91 Å². The lowest BCUT2D eigenvalue weighted by atomic mass is 10.3. The quantitative estimate of drug-likeness (QED) is 0.620. The van der Waals surface area contributed by atoms with Crippen LogP contribution in [0.1, 0.15) is 12.6 Å². The molecule has 0 radical (unpaired) electrons. The van der Waals surface area contributed by atoms with Crippen molar-refractivity contribution in [2.75, 3.05) is 13.7 Å². The van der Waals surface area contributed by atoms with Gasteiger partial charge >= 0.3 is 0 Å². The van der Waals surface area contributed by atoms with Crippen LogP contribution in [0.3, 0.4) is 0 Å². The van der Waals surface area contributed by atoms with Gasteiger partial charge in [0, 0.05) is 6.20 Å². The van der Waals surface area contributed by atoms with Gasteiger partial charge in [-0.3, -0.25) is 9.78 Å². The molecule has 6 nitrogen and oxygen atoms in total. The average Bonchev–Trinajstić information content (AvgIpc) is 2.59. The molecule has 0 spiro atoms. The molecule has 1 amide bonds. The van der Waals surface area contributed by atoms with Gasteiger partial charge in [0.05, 0.1) is 23.0 Å². The number of halogens is 1. The average molecular weight is 378 g/mol. The smallest absolute Gasteiger partial charge is 0.277 e. The number of carbonyl (C=O) groups excluding carboxylic acids is 1. The van der Waals surface area contributed by atoms with Crippen molar-refractivity contribution in [2.45, 2.75) is 6.92 Å². The number of carbonyl (C=O) groups is 1. The second-order valence-corrected chi connectivity index (χ2v) is 5.39. The summed E-state index contributed by atoms with van der Waals surface area (Å²) in [6.07, 6.45) is 1.67. The van der Waals surface area contributed by atoms with Gasteiger partial charge in [-0.15, -0.1) is 0 Å². The van der Waals surface area contributed by atoms with E-state index < -0.39 is 0 Å². The Morgan fingerprint density at radius 3 is 2.83 bits per heavy atom. The van der Waals surface area contributed by atoms with Gasteiger partial charge in [0.2, 0.25) is 0 Å². The van der Waals surface area contributed by atoms with Crippen molar-refractivity contribution in [1.82, 2.24) is 10.4 Å². The number of rotatable bonds is 6. The molecule has 0 fully saturated rings. The number of hydrogen-bond donors (Lipinski definition) is 1. The van der Waals surface area contributed by atoms with Crippen molar-refractivity contribution >= 4 is 27.5 Å². The van der Waals surface area contributed by atoms with Gasteiger partial charge in [-0.05, 0) is 53.2 Å². The number of nitrogens with zero attached hydrogens (tertiary/aromatic N) is 2. The summed E-state index contributed by atoms with van der Waals surface area (Å²) in [5.74, 6) is 0.888. The number of nitrogens with one attached hydrogen (secondary N) is 1. The van der Waals surface area contributed by atoms with E-state index in [-0.39, 0.29) is 12.5 Å². The molecule has 1 N–H and O–H groups in total. The van der Waals surface area contributed by atoms with Gasteiger partial charge < -0.3 is 9.47 Å². The van der Waals surface area contributed by atoms with Crippen molar-refractivity contribution in [3.63, 3.8) is 0 Å². The van der Waals surface area contributed by atoms with Gasteiger partial charge in [-0.25, -0.2) is 5.43 Å². The Bertz CT molecular complexity index is 705. The number of ether oxygens (including phenoxy) is 2. The molecule has 7 heteroatoms. The molecule has 0 aliphatic rings. The minimum absolute atomic E-state index is 0.149. The summed E-state index contributed by atoms with van der Waals surface area (Å²) >= 11 is 3.36. The van der Waals surface area contributed by atoms with E-state index in [1.807, 2.05) is 18.2 Å². The Hall–Kier alpha value is -2.41. The SMILES string of the molecule is COc1ccc(OCC(=O)N/N=C(\C)c2ccccn2)c(Br)c1. The zero-order valence-electron chi connectivity index (χ0n) is 12.7. The van der Waals surface area contributed by atoms with Crippen molar-refractivity contribution in [1.29, 1.82) is 0 Å². The van der Waals surface area contributed by atoms with Gasteiger partial charge in [0.1, 0.15) is 11.5 Å². The van der Waals surface area contributed by atoms with Crippen molar-refractivity contribution < 1.29 is 14.3 Å². The predicted molar refractivity (Wildman–Crippen MR) is 90.8 cm³/mol. The number of benzene rings is 1. The van der Waals surface area contributed by atoms with E-state index in [2.05, 4.69) is 31.4 Å². The molecular weight excluding hydrogens is 362 g/mol. The topological polar surface area (TPSA) is 72.8 Å². The Morgan fingerprint density at radius 2 is 2.17 bits per heavy atom. The first-order valence-corrected chi connectivity index (χ1v) is 7.60. The summed E-state index contributed by atoms with van der Waals surface area (Å²) in [5.41, 5.74) is 3.75. The second kappa shape index (κ2) is 8.28. The Kier molecular flexibility index (Phi) is 6.10. The normalized spacial score (nSPS) is 11.0. The van der Waals surface area contributed by atoms with Crippen LogP contribution in [0.25, 0.3) is 0 Å². The molecule has 2 aromatic rings. The van der Waals surface area contributed by atoms with E-state index in [9.17, 15) is 4.79 Å². The highest BCUT2D eigenvalue weighted by atomic mass is 79.9. The molecule has 0 aliphatic heterocycles. The summed E-state index contributed by atoms with van der Waals surface area (Å²) in [6.45, 7) is 1.62. The van der Waals surface area contributed by atoms with Crippen LogP contribution >= 0.6 is 15.9 Å². The number of pyridine rings is 1. The number of amides is 1. The molecule has 0 saturated carbocycles. The number of hydrogen-bond acceptors (Lipinski definition) is 5. The van der Waals surface area contributed by atoms with Crippen LogP contribution in [0.4, 0.5) is 0 Å². The summed E-state index contributed by atoms with van der Waals surface area (Å²) in [5, 5.41) is 4.00. The van der Waals surface area contributed by atoms with Crippen LogP contribution in [0, 0.1) is 0 Å². The highest BCUT2D eigenvalue weighted by molar-refractivity contribution is 9.10. The lowest BCUT2D eigenvalue weighted by Crippen LogP contribution is -2.25. The summed E-state index contributed by atoms with van der Waals surface area (Å²) in [6, 6.07) is 10.7. The van der Waals surface area contributed by atoms with Crippen molar-refractivity contribution in [3.05, 3.63) is 52.8 Å². The molecule has 0 bridgehead atoms. The third kappa shape index (κ3) is 5.07. The van der Waals surface area contributed by atoms with E-state index in [1.54, 1.807) is 38.4 Å². The lowest BCUT2D eigenvalue weighted by Gasteiger charge is -2.08. The van der Waals surface area contributed by atoms with Gasteiger partial charge in [-0.2, -0.15) is 5.10 Å². The fourth-order valence-corrected chi connectivity index (χ4v) is 2.15. The van der Waals surface area contributed by atoms with Crippen LogP contribution in [0.15, 0.2) is 52.2 Å². The largest absolute Gasteiger partial charge is 0.497 e. The second-order valence-electron chi connectivity index (χ2n) is 4.53. The maximum absolute atomic E-state index is 11.8. The van der Waals surface area contributed by atoms with E-state index in [1.165, 1.54) is 0 Å². The lowest BCUT2D eigenvalue weighted by molar-refractivity contribution is -0.123. The molecule has 1 heterocycles. The molecule has 1 aromatic heterocycles. The standard InChI is InChI=1S/C16H16BrN3O3/c1-11(14-5-3-4-8-18-14)19-20-16(21)10-23-15-7-6-12(22-2)9-13(15)17/h3-9H,10H2,1-2H3,(H,20,21)/b19-11+. The van der Waals surface area contributed by atoms with Crippen LogP contribution in [-0.2, 0) is 4.79 Å². The van der Waals surface area contributed by atoms with Crippen molar-refractivity contribution in [2.24, 2.45) is 5.10 Å². The number of methoxy groups -OCH3 is 1. The summed E-state index contributed by atoms with van der Waals surface area (Å²) in [7, 11) is 1.58. The van der Waals surface area contributed by atoms with Crippen LogP contribution < -0.4 is 14.9 Å². The Balaban J connectivity index is 1.88. The highest BCUT2D eigenvalue weighted by Gasteiger charge is 2.07. The third-order valence-electron chi connectivity index (χ3n) is 2.88. The van der Waals surface area contributed by atoms with E-state index in [4.69, 9.17) is 9.47 Å². The summed E-state index contributed by atoms with van der Waals surface area (Å²) < 4.78 is 11.2. The molecule has 120 valence electrons. The molecule has 23 heavy (non-hydrogen) atoms. The fourth-order valence-electron chi connectivity index (χ4n) is 1.68. The molecule has 0 atom stereocenters. The van der Waals surface area contributed by atoms with E-state index >= 15 is 0 Å². The Labute approximate surface area is 142 Å². The molecule has 0 saturated heterocycles. The molecule has 1 aromatic carbocycles. The zero-order chi connectivity index (χ0) is 16.7. The van der Waals surface area contributed by atoms with Crippen LogP contribution in [-0.4, -0.2) is 30.3 Å². The minimum Gasteiger partial charge on any atom is -0.497 e. The third-order valence-corrected chi connectivity index (χ3v) is 3.50. The molecule has 2 rings (SSSR count).